The van der Waals surface area contributed by atoms with E-state index in [1.54, 1.807) is 4.68 Å². The van der Waals surface area contributed by atoms with Gasteiger partial charge in [0.2, 0.25) is 11.1 Å². The van der Waals surface area contributed by atoms with Crippen LogP contribution in [0.4, 0.5) is 5.69 Å². The number of tetrazole rings is 1. The fourth-order valence-electron chi connectivity index (χ4n) is 3.20. The van der Waals surface area contributed by atoms with Gasteiger partial charge in [-0.25, -0.2) is 0 Å². The maximum absolute atomic E-state index is 13.0. The topological polar surface area (TPSA) is 63.9 Å². The monoisotopic (exact) mass is 365 g/mol. The van der Waals surface area contributed by atoms with Gasteiger partial charge in [0.1, 0.15) is 0 Å². The molecule has 1 aromatic heterocycles. The minimum absolute atomic E-state index is 0.0827. The summed E-state index contributed by atoms with van der Waals surface area (Å²) in [4.78, 5) is 14.8. The molecule has 0 N–H and O–H groups in total. The Balaban J connectivity index is 1.55. The second-order valence-corrected chi connectivity index (χ2v) is 7.60. The Labute approximate surface area is 156 Å². The van der Waals surface area contributed by atoms with Gasteiger partial charge < -0.3 is 4.90 Å². The highest BCUT2D eigenvalue weighted by Gasteiger charge is 2.29. The summed E-state index contributed by atoms with van der Waals surface area (Å²) < 4.78 is 1.70. The van der Waals surface area contributed by atoms with Gasteiger partial charge in [-0.1, -0.05) is 48.2 Å². The van der Waals surface area contributed by atoms with Crippen molar-refractivity contribution in [2.75, 3.05) is 11.4 Å². The quantitative estimate of drug-likeness (QED) is 0.665. The van der Waals surface area contributed by atoms with Crippen LogP contribution in [0.1, 0.15) is 18.1 Å². The Bertz CT molecular complexity index is 954. The molecule has 1 atom stereocenters. The fraction of sp³-hybridized carbons (Fsp3) is 0.263. The highest BCUT2D eigenvalue weighted by atomic mass is 32.2. The first kappa shape index (κ1) is 16.8. The van der Waals surface area contributed by atoms with E-state index in [0.717, 1.165) is 29.9 Å². The number of carbonyl (C=O) groups excluding carboxylic acids is 1. The van der Waals surface area contributed by atoms with Gasteiger partial charge in [-0.2, -0.15) is 4.68 Å². The number of aromatic nitrogens is 4. The highest BCUT2D eigenvalue weighted by Crippen LogP contribution is 2.31. The Morgan fingerprint density at radius 3 is 2.65 bits per heavy atom. The molecule has 4 rings (SSSR count). The molecule has 1 aliphatic heterocycles. The number of carbonyl (C=O) groups is 1. The first-order valence-electron chi connectivity index (χ1n) is 8.55. The summed E-state index contributed by atoms with van der Waals surface area (Å²) in [7, 11) is 0. The molecule has 7 heteroatoms. The fourth-order valence-corrected chi connectivity index (χ4v) is 4.06. The number of para-hydroxylation sites is 2. The number of thioether (sulfide) groups is 1. The summed E-state index contributed by atoms with van der Waals surface area (Å²) in [5.74, 6) is 0.0827. The molecular weight excluding hydrogens is 346 g/mol. The van der Waals surface area contributed by atoms with E-state index in [0.29, 0.717) is 5.16 Å². The average molecular weight is 365 g/mol. The van der Waals surface area contributed by atoms with Crippen LogP contribution < -0.4 is 4.90 Å². The van der Waals surface area contributed by atoms with Gasteiger partial charge in [-0.15, -0.1) is 5.10 Å². The third kappa shape index (κ3) is 2.99. The zero-order valence-corrected chi connectivity index (χ0v) is 15.5. The number of fused-ring (bicyclic) bond motifs is 1. The maximum Gasteiger partial charge on any atom is 0.240 e. The van der Waals surface area contributed by atoms with Crippen LogP contribution in [0.5, 0.6) is 0 Å². The van der Waals surface area contributed by atoms with E-state index in [1.165, 1.54) is 17.3 Å². The van der Waals surface area contributed by atoms with Crippen molar-refractivity contribution in [3.05, 3.63) is 59.7 Å². The van der Waals surface area contributed by atoms with Crippen LogP contribution in [0.25, 0.3) is 5.69 Å². The molecular formula is C19H19N5OS. The van der Waals surface area contributed by atoms with Gasteiger partial charge in [-0.05, 0) is 54.0 Å². The largest absolute Gasteiger partial charge is 0.311 e. The molecule has 1 amide bonds. The summed E-state index contributed by atoms with van der Waals surface area (Å²) in [6.45, 7) is 4.65. The molecule has 0 bridgehead atoms. The average Bonchev–Trinajstić information content (AvgIpc) is 3.28. The van der Waals surface area contributed by atoms with Crippen molar-refractivity contribution in [1.29, 1.82) is 0 Å². The third-order valence-electron chi connectivity index (χ3n) is 4.57. The van der Waals surface area contributed by atoms with Gasteiger partial charge >= 0.3 is 0 Å². The molecule has 2 aromatic carbocycles. The molecule has 132 valence electrons. The lowest BCUT2D eigenvalue weighted by Crippen LogP contribution is -2.35. The van der Waals surface area contributed by atoms with Crippen molar-refractivity contribution >= 4 is 23.4 Å². The van der Waals surface area contributed by atoms with Crippen LogP contribution in [0.2, 0.25) is 0 Å². The van der Waals surface area contributed by atoms with Gasteiger partial charge in [-0.3, -0.25) is 4.79 Å². The van der Waals surface area contributed by atoms with Crippen LogP contribution in [0, 0.1) is 6.92 Å². The standard InChI is InChI=1S/C19H19N5OS/c1-13-7-3-5-9-16(13)24-19(20-21-22-24)26-14(2)18(25)23-12-11-15-8-4-6-10-17(15)23/h3-10,14H,11-12H2,1-2H3/t14-/m1/s1. The van der Waals surface area contributed by atoms with E-state index in [1.807, 2.05) is 61.2 Å². The molecule has 3 aromatic rings. The number of hydrogen-bond donors (Lipinski definition) is 0. The minimum Gasteiger partial charge on any atom is -0.311 e. The summed E-state index contributed by atoms with van der Waals surface area (Å²) in [6, 6.07) is 16.0. The highest BCUT2D eigenvalue weighted by molar-refractivity contribution is 8.00. The zero-order chi connectivity index (χ0) is 18.1. The van der Waals surface area contributed by atoms with Gasteiger partial charge in [0.15, 0.2) is 0 Å². The first-order valence-corrected chi connectivity index (χ1v) is 9.43. The van der Waals surface area contributed by atoms with Crippen molar-refractivity contribution in [2.24, 2.45) is 0 Å². The molecule has 0 fully saturated rings. The molecule has 0 aliphatic carbocycles. The van der Waals surface area contributed by atoms with E-state index in [4.69, 9.17) is 0 Å². The predicted octanol–water partition coefficient (Wildman–Crippen LogP) is 3.04. The van der Waals surface area contributed by atoms with E-state index in [-0.39, 0.29) is 11.2 Å². The number of hydrogen-bond acceptors (Lipinski definition) is 5. The molecule has 0 saturated heterocycles. The smallest absolute Gasteiger partial charge is 0.240 e. The van der Waals surface area contributed by atoms with Crippen molar-refractivity contribution < 1.29 is 4.79 Å². The Kier molecular flexibility index (Phi) is 4.46. The summed E-state index contributed by atoms with van der Waals surface area (Å²) in [5.41, 5.74) is 4.24. The number of anilines is 1. The van der Waals surface area contributed by atoms with E-state index in [9.17, 15) is 4.79 Å². The molecule has 0 saturated carbocycles. The number of amides is 1. The van der Waals surface area contributed by atoms with E-state index in [2.05, 4.69) is 21.6 Å². The normalized spacial score (nSPS) is 14.3. The van der Waals surface area contributed by atoms with Gasteiger partial charge in [0, 0.05) is 12.2 Å². The van der Waals surface area contributed by atoms with Crippen LogP contribution >= 0.6 is 11.8 Å². The maximum atomic E-state index is 13.0. The Morgan fingerprint density at radius 1 is 1.12 bits per heavy atom. The van der Waals surface area contributed by atoms with Crippen molar-refractivity contribution in [3.8, 4) is 5.69 Å². The lowest BCUT2D eigenvalue weighted by Gasteiger charge is -2.21. The molecule has 0 spiro atoms. The summed E-state index contributed by atoms with van der Waals surface area (Å²) in [6.07, 6.45) is 0.903. The summed E-state index contributed by atoms with van der Waals surface area (Å²) >= 11 is 1.39. The lowest BCUT2D eigenvalue weighted by molar-refractivity contribution is -0.117. The van der Waals surface area contributed by atoms with Gasteiger partial charge in [0.25, 0.3) is 0 Å². The van der Waals surface area contributed by atoms with Crippen LogP contribution in [0.3, 0.4) is 0 Å². The zero-order valence-electron chi connectivity index (χ0n) is 14.7. The van der Waals surface area contributed by atoms with Crippen LogP contribution in [-0.4, -0.2) is 37.9 Å². The molecule has 26 heavy (non-hydrogen) atoms. The SMILES string of the molecule is Cc1ccccc1-n1nnnc1S[C@H](C)C(=O)N1CCc2ccccc21. The molecule has 2 heterocycles. The number of nitrogens with zero attached hydrogens (tertiary/aromatic N) is 5. The lowest BCUT2D eigenvalue weighted by atomic mass is 10.2. The second-order valence-electron chi connectivity index (χ2n) is 6.29. The summed E-state index contributed by atoms with van der Waals surface area (Å²) in [5, 5.41) is 12.4. The van der Waals surface area contributed by atoms with Crippen molar-refractivity contribution in [1.82, 2.24) is 20.2 Å². The molecule has 0 radical (unpaired) electrons. The van der Waals surface area contributed by atoms with Crippen LogP contribution in [0.15, 0.2) is 53.7 Å². The molecule has 6 nitrogen and oxygen atoms in total. The number of aryl methyl sites for hydroxylation is 1. The third-order valence-corrected chi connectivity index (χ3v) is 5.59. The molecule has 1 aliphatic rings. The van der Waals surface area contributed by atoms with E-state index >= 15 is 0 Å². The molecule has 0 unspecified atom stereocenters. The first-order chi connectivity index (χ1) is 12.6. The number of rotatable bonds is 4. The number of benzene rings is 2. The van der Waals surface area contributed by atoms with Crippen LogP contribution in [-0.2, 0) is 11.2 Å². The van der Waals surface area contributed by atoms with Gasteiger partial charge in [0.05, 0.1) is 10.9 Å². The Morgan fingerprint density at radius 2 is 1.85 bits per heavy atom. The predicted molar refractivity (Wildman–Crippen MR) is 102 cm³/mol. The van der Waals surface area contributed by atoms with E-state index < -0.39 is 0 Å². The minimum atomic E-state index is -0.282. The second kappa shape index (κ2) is 6.92. The van der Waals surface area contributed by atoms with Crippen molar-refractivity contribution in [3.63, 3.8) is 0 Å². The van der Waals surface area contributed by atoms with Crippen molar-refractivity contribution in [2.45, 2.75) is 30.7 Å². The Hall–Kier alpha value is -2.67.